The second kappa shape index (κ2) is 7.46. The highest BCUT2D eigenvalue weighted by Crippen LogP contribution is 2.39. The summed E-state index contributed by atoms with van der Waals surface area (Å²) in [5.41, 5.74) is 2.88. The number of nitrogens with one attached hydrogen (secondary N) is 1. The fraction of sp³-hybridized carbons (Fsp3) is 0.250. The first-order valence-electron chi connectivity index (χ1n) is 8.64. The van der Waals surface area contributed by atoms with Crippen LogP contribution in [0.15, 0.2) is 36.4 Å². The van der Waals surface area contributed by atoms with E-state index in [1.807, 2.05) is 12.1 Å². The number of hydrogen-bond donors (Lipinski definition) is 1. The van der Waals surface area contributed by atoms with Crippen LogP contribution in [0.5, 0.6) is 0 Å². The zero-order valence-electron chi connectivity index (χ0n) is 14.7. The number of thiophene rings is 1. The Balaban J connectivity index is 1.77. The van der Waals surface area contributed by atoms with Gasteiger partial charge >= 0.3 is 5.97 Å². The van der Waals surface area contributed by atoms with Crippen molar-refractivity contribution in [2.24, 2.45) is 0 Å². The van der Waals surface area contributed by atoms with Crippen LogP contribution in [0, 0.1) is 5.82 Å². The molecule has 2 heterocycles. The summed E-state index contributed by atoms with van der Waals surface area (Å²) in [5, 5.41) is 4.05. The molecule has 140 valence electrons. The minimum absolute atomic E-state index is 0.0435. The summed E-state index contributed by atoms with van der Waals surface area (Å²) >= 11 is 7.18. The number of methoxy groups -OCH3 is 1. The van der Waals surface area contributed by atoms with Gasteiger partial charge in [0.05, 0.1) is 16.8 Å². The Bertz CT molecular complexity index is 997. The molecule has 0 spiro atoms. The molecule has 0 bridgehead atoms. The van der Waals surface area contributed by atoms with Gasteiger partial charge in [-0.05, 0) is 35.4 Å². The van der Waals surface area contributed by atoms with E-state index >= 15 is 0 Å². The summed E-state index contributed by atoms with van der Waals surface area (Å²) in [7, 11) is 1.31. The molecular weight excluding hydrogens is 387 g/mol. The van der Waals surface area contributed by atoms with Gasteiger partial charge in [0.15, 0.2) is 5.82 Å². The maximum Gasteiger partial charge on any atom is 0.348 e. The van der Waals surface area contributed by atoms with Gasteiger partial charge in [-0.15, -0.1) is 11.3 Å². The molecule has 7 heteroatoms. The highest BCUT2D eigenvalue weighted by Gasteiger charge is 2.19. The lowest BCUT2D eigenvalue weighted by molar-refractivity contribution is 0.0606. The molecule has 0 radical (unpaired) electrons. The summed E-state index contributed by atoms with van der Waals surface area (Å²) < 4.78 is 19.6. The lowest BCUT2D eigenvalue weighted by Gasteiger charge is -2.29. The maximum atomic E-state index is 14.5. The normalized spacial score (nSPS) is 14.6. The maximum absolute atomic E-state index is 14.5. The van der Waals surface area contributed by atoms with Crippen molar-refractivity contribution in [2.75, 3.05) is 38.2 Å². The van der Waals surface area contributed by atoms with Crippen molar-refractivity contribution in [3.8, 4) is 11.1 Å². The van der Waals surface area contributed by atoms with E-state index in [0.717, 1.165) is 54.3 Å². The Labute approximate surface area is 165 Å². The Morgan fingerprint density at radius 2 is 1.93 bits per heavy atom. The van der Waals surface area contributed by atoms with Crippen molar-refractivity contribution in [3.63, 3.8) is 0 Å². The van der Waals surface area contributed by atoms with Crippen molar-refractivity contribution in [1.82, 2.24) is 5.32 Å². The number of esters is 1. The number of hydrogen-bond acceptors (Lipinski definition) is 5. The molecule has 3 aromatic rings. The Morgan fingerprint density at radius 3 is 2.59 bits per heavy atom. The SMILES string of the molecule is COC(=O)c1cc2c(-c3ccc(N4CCNCC4)cc3)cc(Cl)c(F)c2s1. The van der Waals surface area contributed by atoms with Gasteiger partial charge in [-0.1, -0.05) is 23.7 Å². The van der Waals surface area contributed by atoms with Crippen molar-refractivity contribution in [1.29, 1.82) is 0 Å². The van der Waals surface area contributed by atoms with Crippen LogP contribution in [0.4, 0.5) is 10.1 Å². The van der Waals surface area contributed by atoms with Crippen molar-refractivity contribution in [3.05, 3.63) is 52.1 Å². The lowest BCUT2D eigenvalue weighted by Crippen LogP contribution is -2.43. The summed E-state index contributed by atoms with van der Waals surface area (Å²) in [4.78, 5) is 14.5. The van der Waals surface area contributed by atoms with Gasteiger partial charge in [-0.3, -0.25) is 0 Å². The van der Waals surface area contributed by atoms with E-state index in [1.54, 1.807) is 12.1 Å². The molecular formula is C20H18ClFN2O2S. The molecule has 27 heavy (non-hydrogen) atoms. The Morgan fingerprint density at radius 1 is 1.22 bits per heavy atom. The lowest BCUT2D eigenvalue weighted by atomic mass is 10.0. The third-order valence-corrected chi connectivity index (χ3v) is 6.13. The average molecular weight is 405 g/mol. The number of halogens is 2. The van der Waals surface area contributed by atoms with Crippen LogP contribution < -0.4 is 10.2 Å². The predicted octanol–water partition coefficient (Wildman–Crippen LogP) is 4.56. The smallest absolute Gasteiger partial charge is 0.348 e. The van der Waals surface area contributed by atoms with Crippen LogP contribution in [0.2, 0.25) is 5.02 Å². The fourth-order valence-corrected chi connectivity index (χ4v) is 4.65. The molecule has 1 aliphatic heterocycles. The molecule has 1 N–H and O–H groups in total. The quantitative estimate of drug-likeness (QED) is 0.650. The van der Waals surface area contributed by atoms with E-state index in [-0.39, 0.29) is 5.02 Å². The largest absolute Gasteiger partial charge is 0.465 e. The second-order valence-corrected chi connectivity index (χ2v) is 7.81. The summed E-state index contributed by atoms with van der Waals surface area (Å²) in [6.07, 6.45) is 0. The minimum atomic E-state index is -0.506. The molecule has 1 aliphatic rings. The summed E-state index contributed by atoms with van der Waals surface area (Å²) in [6, 6.07) is 11.4. The number of carbonyl (C=O) groups excluding carboxylic acids is 1. The van der Waals surface area contributed by atoms with E-state index in [4.69, 9.17) is 16.3 Å². The standard InChI is InChI=1S/C20H18ClFN2O2S/c1-26-20(25)17-11-15-14(10-16(21)18(22)19(15)27-17)12-2-4-13(5-3-12)24-8-6-23-7-9-24/h2-5,10-11,23H,6-9H2,1H3. The first kappa shape index (κ1) is 18.2. The van der Waals surface area contributed by atoms with Gasteiger partial charge in [0, 0.05) is 37.3 Å². The average Bonchev–Trinajstić information content (AvgIpc) is 3.17. The monoisotopic (exact) mass is 404 g/mol. The van der Waals surface area contributed by atoms with E-state index in [0.29, 0.717) is 15.0 Å². The topological polar surface area (TPSA) is 41.6 Å². The van der Waals surface area contributed by atoms with Crippen LogP contribution in [0.25, 0.3) is 21.2 Å². The van der Waals surface area contributed by atoms with Crippen molar-refractivity contribution < 1.29 is 13.9 Å². The summed E-state index contributed by atoms with van der Waals surface area (Å²) in [5.74, 6) is -0.986. The van der Waals surface area contributed by atoms with Gasteiger partial charge in [0.2, 0.25) is 0 Å². The number of fused-ring (bicyclic) bond motifs is 1. The van der Waals surface area contributed by atoms with Crippen LogP contribution in [0.1, 0.15) is 9.67 Å². The van der Waals surface area contributed by atoms with Crippen LogP contribution in [0.3, 0.4) is 0 Å². The molecule has 4 nitrogen and oxygen atoms in total. The molecule has 2 aromatic carbocycles. The van der Waals surface area contributed by atoms with E-state index in [2.05, 4.69) is 22.3 Å². The van der Waals surface area contributed by atoms with Gasteiger partial charge in [0.25, 0.3) is 0 Å². The molecule has 0 aliphatic carbocycles. The van der Waals surface area contributed by atoms with Crippen molar-refractivity contribution >= 4 is 44.7 Å². The van der Waals surface area contributed by atoms with E-state index in [1.165, 1.54) is 7.11 Å². The molecule has 0 atom stereocenters. The predicted molar refractivity (Wildman–Crippen MR) is 109 cm³/mol. The van der Waals surface area contributed by atoms with Gasteiger partial charge in [-0.25, -0.2) is 9.18 Å². The highest BCUT2D eigenvalue weighted by molar-refractivity contribution is 7.20. The number of piperazine rings is 1. The van der Waals surface area contributed by atoms with E-state index < -0.39 is 11.8 Å². The van der Waals surface area contributed by atoms with E-state index in [9.17, 15) is 9.18 Å². The first-order valence-corrected chi connectivity index (χ1v) is 9.84. The zero-order chi connectivity index (χ0) is 19.0. The Hall–Kier alpha value is -2.15. The number of rotatable bonds is 3. The number of benzene rings is 2. The highest BCUT2D eigenvalue weighted by atomic mass is 35.5. The fourth-order valence-electron chi connectivity index (χ4n) is 3.35. The number of carbonyl (C=O) groups is 1. The van der Waals surface area contributed by atoms with Crippen LogP contribution in [-0.4, -0.2) is 39.3 Å². The summed E-state index contributed by atoms with van der Waals surface area (Å²) in [6.45, 7) is 3.89. The molecule has 0 saturated carbocycles. The molecule has 4 rings (SSSR count). The molecule has 0 unspecified atom stereocenters. The minimum Gasteiger partial charge on any atom is -0.465 e. The zero-order valence-corrected chi connectivity index (χ0v) is 16.3. The first-order chi connectivity index (χ1) is 13.1. The number of nitrogens with zero attached hydrogens (tertiary/aromatic N) is 1. The number of ether oxygens (including phenoxy) is 1. The number of anilines is 1. The molecule has 1 aromatic heterocycles. The Kier molecular flexibility index (Phi) is 5.04. The molecule has 1 saturated heterocycles. The van der Waals surface area contributed by atoms with Crippen LogP contribution >= 0.6 is 22.9 Å². The molecule has 1 fully saturated rings. The van der Waals surface area contributed by atoms with Gasteiger partial charge < -0.3 is 15.0 Å². The van der Waals surface area contributed by atoms with Crippen LogP contribution in [-0.2, 0) is 4.74 Å². The van der Waals surface area contributed by atoms with Gasteiger partial charge in [-0.2, -0.15) is 0 Å². The third kappa shape index (κ3) is 3.40. The van der Waals surface area contributed by atoms with Crippen molar-refractivity contribution in [2.45, 2.75) is 0 Å². The second-order valence-electron chi connectivity index (χ2n) is 6.35. The molecule has 0 amide bonds. The third-order valence-electron chi connectivity index (χ3n) is 4.75. The van der Waals surface area contributed by atoms with Gasteiger partial charge in [0.1, 0.15) is 4.88 Å².